The summed E-state index contributed by atoms with van der Waals surface area (Å²) in [5.41, 5.74) is 21.1. The van der Waals surface area contributed by atoms with Gasteiger partial charge >= 0.3 is 17.9 Å². The molecule has 0 spiro atoms. The standard InChI is InChI=1S/C30H32Cl2N4O6.C18H23ClN2O3.C12H11ClN2O4.C7H17N3.C5H4N4O/c1-17-25(34-18(2)30(42-19(3)37)29(17)21-6-4-5-7-22(21)31)15-40-13-12-33-28(39)16-41-26-10-8-20(14-23(26)32)24-9-11-27(38)36-35-24;1-11-16(10-23-9-8-20)21-12(2)18(24-13(3)22)17(11)14-6-4-5-7-15(14)19;13-8-5-7(9-2-4-11(16)15-14-9)1-3-10(8)19-6-12(17)18;1-4-8-9-6-5-7-10(2)3;10-9-5-4(7-8-9)2-1-3-6-5/h4-8,10,14,29,34H,9,11-13,15-16H2,1-3H3,(H,33,39)(H,36,38);4-7,17,21H,8-10,20H2,1-3H3;1,3,5H,2,4,6H2,(H,15,16)(H,17,18);4-7H2,1-3H3;1-3,10H/p+1. The number of aromatic nitrogens is 4. The summed E-state index contributed by atoms with van der Waals surface area (Å²) >= 11 is 25.2. The lowest BCUT2D eigenvalue weighted by molar-refractivity contribution is -0.858. The number of benzene rings is 4. The van der Waals surface area contributed by atoms with Gasteiger partial charge in [0.05, 0.1) is 105 Å². The zero-order valence-corrected chi connectivity index (χ0v) is 62.8. The van der Waals surface area contributed by atoms with Gasteiger partial charge < -0.3 is 65.3 Å². The maximum Gasteiger partial charge on any atom is 0.341 e. The van der Waals surface area contributed by atoms with Gasteiger partial charge in [-0.1, -0.05) is 87.6 Å². The Morgan fingerprint density at radius 2 is 1.18 bits per heavy atom. The summed E-state index contributed by atoms with van der Waals surface area (Å²) in [4.78, 5) is 74.3. The van der Waals surface area contributed by atoms with E-state index in [4.69, 9.17) is 90.9 Å². The van der Waals surface area contributed by atoms with Gasteiger partial charge in [0.25, 0.3) is 5.91 Å². The molecule has 2 aromatic heterocycles. The predicted octanol–water partition coefficient (Wildman–Crippen LogP) is 9.12. The Morgan fingerprint density at radius 1 is 0.676 bits per heavy atom. The number of carbonyl (C=O) groups is 6. The Kier molecular flexibility index (Phi) is 34.8. The third kappa shape index (κ3) is 27.0. The fourth-order valence-corrected chi connectivity index (χ4v) is 11.4. The van der Waals surface area contributed by atoms with Crippen molar-refractivity contribution >= 4 is 105 Å². The highest BCUT2D eigenvalue weighted by atomic mass is 35.5. The van der Waals surface area contributed by atoms with Crippen LogP contribution in [0.4, 0.5) is 0 Å². The Balaban J connectivity index is 0.000000230. The maximum absolute atomic E-state index is 12.3. The molecule has 0 saturated heterocycles. The van der Waals surface area contributed by atoms with Gasteiger partial charge in [0.1, 0.15) is 28.5 Å². The number of aliphatic carboxylic acids is 1. The lowest BCUT2D eigenvalue weighted by atomic mass is 9.86. The Morgan fingerprint density at radius 3 is 1.62 bits per heavy atom. The second kappa shape index (κ2) is 43.4. The molecule has 10 rings (SSSR count). The SMILES string of the molecule is CC(=O)OC1=C(C)NC(COCCN)=C(C)C1c1ccccc1Cl.CC(=O)OC1=C(C)NC(COCCNC(=O)COc2ccc(C3=NNC(=O)CC3)cc2Cl)=C(C)C1c1ccccc1Cl.CCN=NCCC[NH+](C)C.O=C(O)COc1ccc(C2=NNC(=O)CC2)cc1Cl.On1nnc2cccnc21. The molecular weight excluding hydrogens is 1440 g/mol. The number of azo groups is 1. The molecule has 33 heteroatoms. The minimum absolute atomic E-state index is 0.115. The summed E-state index contributed by atoms with van der Waals surface area (Å²) < 4.78 is 33.1. The predicted molar refractivity (Wildman–Crippen MR) is 397 cm³/mol. The number of nitrogens with zero attached hydrogens (tertiary/aromatic N) is 8. The monoisotopic (exact) mass is 1530 g/mol. The number of rotatable bonds is 26. The number of allylic oxidation sites excluding steroid dienone is 4. The average molecular weight is 1530 g/mol. The van der Waals surface area contributed by atoms with Gasteiger partial charge in [-0.15, -0.1) is 5.10 Å². The third-order valence-corrected chi connectivity index (χ3v) is 16.7. The summed E-state index contributed by atoms with van der Waals surface area (Å²) in [5, 5.41) is 51.4. The molecule has 3 amide bonds. The zero-order valence-electron chi connectivity index (χ0n) is 59.7. The van der Waals surface area contributed by atoms with E-state index in [2.05, 4.69) is 76.6 Å². The first-order valence-electron chi connectivity index (χ1n) is 33.4. The lowest BCUT2D eigenvalue weighted by Crippen LogP contribution is -3.05. The van der Waals surface area contributed by atoms with Gasteiger partial charge in [0.2, 0.25) is 17.5 Å². The van der Waals surface area contributed by atoms with E-state index in [-0.39, 0.29) is 61.9 Å². The fraction of sp³-hybridized carbons (Fsp3) is 0.375. The topological polar surface area (TPSA) is 382 Å². The number of nitrogens with one attached hydrogen (secondary N) is 6. The number of hydrogen-bond acceptors (Lipinski definition) is 23. The number of hydrogen-bond donors (Lipinski definition) is 9. The van der Waals surface area contributed by atoms with Crippen molar-refractivity contribution in [3.8, 4) is 11.5 Å². The molecule has 0 fully saturated rings. The minimum atomic E-state index is -1.07. The van der Waals surface area contributed by atoms with Crippen molar-refractivity contribution in [1.82, 2.24) is 46.9 Å². The molecule has 10 N–H and O–H groups in total. The van der Waals surface area contributed by atoms with Crippen LogP contribution in [0.1, 0.15) is 115 Å². The van der Waals surface area contributed by atoms with Crippen LogP contribution in [0.2, 0.25) is 20.1 Å². The maximum atomic E-state index is 12.3. The van der Waals surface area contributed by atoms with Crippen molar-refractivity contribution in [2.75, 3.05) is 86.5 Å². The number of pyridine rings is 1. The van der Waals surface area contributed by atoms with Crippen molar-refractivity contribution in [2.45, 2.75) is 92.4 Å². The van der Waals surface area contributed by atoms with Gasteiger partial charge in [-0.2, -0.15) is 20.4 Å². The molecule has 4 aromatic carbocycles. The van der Waals surface area contributed by atoms with Crippen LogP contribution in [0.25, 0.3) is 11.2 Å². The smallest absolute Gasteiger partial charge is 0.341 e. The Bertz CT molecular complexity index is 4250. The van der Waals surface area contributed by atoms with E-state index >= 15 is 0 Å². The van der Waals surface area contributed by atoms with Gasteiger partial charge in [0, 0.05) is 86.7 Å². The number of quaternary nitrogens is 1. The highest BCUT2D eigenvalue weighted by Gasteiger charge is 2.33. The minimum Gasteiger partial charge on any atom is -0.482 e. The van der Waals surface area contributed by atoms with Crippen molar-refractivity contribution in [3.05, 3.63) is 191 Å². The molecule has 105 heavy (non-hydrogen) atoms. The molecule has 4 aliphatic rings. The van der Waals surface area contributed by atoms with Gasteiger partial charge in [-0.25, -0.2) is 20.6 Å². The van der Waals surface area contributed by atoms with E-state index in [1.54, 1.807) is 60.8 Å². The summed E-state index contributed by atoms with van der Waals surface area (Å²) in [6.45, 7) is 16.7. The average Bonchev–Trinajstić information content (AvgIpc) is 1.38. The van der Waals surface area contributed by atoms with Crippen LogP contribution >= 0.6 is 46.4 Å². The molecule has 4 aliphatic heterocycles. The van der Waals surface area contributed by atoms with Crippen LogP contribution in [-0.2, 0) is 47.7 Å². The number of hydrazone groups is 2. The number of ether oxygens (including phenoxy) is 6. The normalized spacial score (nSPS) is 15.5. The second-order valence-electron chi connectivity index (χ2n) is 23.8. The molecule has 0 bridgehead atoms. The molecule has 562 valence electrons. The number of carboxylic acids is 1. The van der Waals surface area contributed by atoms with Crippen LogP contribution < -0.4 is 46.9 Å². The van der Waals surface area contributed by atoms with Crippen molar-refractivity contribution in [1.29, 1.82) is 0 Å². The number of dihydropyridines is 2. The first-order valence-corrected chi connectivity index (χ1v) is 34.9. The summed E-state index contributed by atoms with van der Waals surface area (Å²) in [6, 6.07) is 28.5. The summed E-state index contributed by atoms with van der Waals surface area (Å²) in [5.74, 6) is -1.27. The number of esters is 2. The Hall–Kier alpha value is -9.85. The van der Waals surface area contributed by atoms with E-state index in [0.29, 0.717) is 110 Å². The number of carbonyl (C=O) groups excluding carboxylic acids is 5. The summed E-state index contributed by atoms with van der Waals surface area (Å²) in [6.07, 6.45) is 4.52. The third-order valence-electron chi connectivity index (χ3n) is 15.4. The fourth-order valence-electron chi connectivity index (χ4n) is 10.4. The molecule has 6 heterocycles. The van der Waals surface area contributed by atoms with Gasteiger partial charge in [-0.05, 0) is 134 Å². The molecular formula is C72H88Cl4N15O14+. The molecule has 0 saturated carbocycles. The van der Waals surface area contributed by atoms with E-state index in [0.717, 1.165) is 81.4 Å². The van der Waals surface area contributed by atoms with Crippen molar-refractivity contribution in [2.24, 2.45) is 26.2 Å². The van der Waals surface area contributed by atoms with Crippen LogP contribution in [0.15, 0.2) is 169 Å². The number of halogens is 4. The highest BCUT2D eigenvalue weighted by molar-refractivity contribution is 6.33. The molecule has 6 aromatic rings. The van der Waals surface area contributed by atoms with E-state index in [1.807, 2.05) is 77.1 Å². The van der Waals surface area contributed by atoms with Crippen molar-refractivity contribution in [3.63, 3.8) is 0 Å². The van der Waals surface area contributed by atoms with Crippen molar-refractivity contribution < 1.29 is 72.4 Å². The van der Waals surface area contributed by atoms with Crippen LogP contribution in [-0.4, -0.2) is 164 Å². The second-order valence-corrected chi connectivity index (χ2v) is 25.4. The molecule has 2 unspecified atom stereocenters. The molecule has 0 aliphatic carbocycles. The van der Waals surface area contributed by atoms with E-state index < -0.39 is 18.5 Å². The van der Waals surface area contributed by atoms with Gasteiger partial charge in [-0.3, -0.25) is 24.0 Å². The number of amides is 3. The Labute approximate surface area is 628 Å². The largest absolute Gasteiger partial charge is 0.482 e. The molecule has 2 atom stereocenters. The quantitative estimate of drug-likeness (QED) is 0.0106. The first-order chi connectivity index (χ1) is 50.3. The zero-order chi connectivity index (χ0) is 76.5. The number of fused-ring (bicyclic) bond motifs is 1. The number of nitrogens with two attached hydrogens (primary N) is 1. The molecule has 29 nitrogen and oxygen atoms in total. The van der Waals surface area contributed by atoms with Gasteiger partial charge in [0.15, 0.2) is 13.2 Å². The van der Waals surface area contributed by atoms with Crippen LogP contribution in [0.5, 0.6) is 11.5 Å². The van der Waals surface area contributed by atoms with Crippen LogP contribution in [0.3, 0.4) is 0 Å². The summed E-state index contributed by atoms with van der Waals surface area (Å²) in [7, 11) is 4.30. The first kappa shape index (κ1) is 84.1. The molecule has 0 radical (unpaired) electrons. The van der Waals surface area contributed by atoms with E-state index in [9.17, 15) is 28.8 Å². The number of carboxylic acid groups (broad SMARTS) is 1. The van der Waals surface area contributed by atoms with E-state index in [1.165, 1.54) is 25.3 Å². The lowest BCUT2D eigenvalue weighted by Gasteiger charge is -2.31. The highest BCUT2D eigenvalue weighted by Crippen LogP contribution is 2.43. The van der Waals surface area contributed by atoms with Crippen LogP contribution in [0, 0.1) is 0 Å².